The van der Waals surface area contributed by atoms with Gasteiger partial charge >= 0.3 is 0 Å². The van der Waals surface area contributed by atoms with Crippen molar-refractivity contribution < 1.29 is 22.9 Å². The Morgan fingerprint density at radius 3 is 2.19 bits per heavy atom. The first kappa shape index (κ1) is 29.3. The third kappa shape index (κ3) is 7.81. The maximum Gasteiger partial charge on any atom is 0.271 e. The van der Waals surface area contributed by atoms with Crippen molar-refractivity contribution in [1.82, 2.24) is 10.2 Å². The Kier molecular flexibility index (Phi) is 10.1. The van der Waals surface area contributed by atoms with Crippen LogP contribution >= 0.6 is 23.2 Å². The molecule has 1 N–H and O–H groups in total. The lowest BCUT2D eigenvalue weighted by Gasteiger charge is -2.32. The monoisotopic (exact) mass is 558 g/mol. The van der Waals surface area contributed by atoms with Gasteiger partial charge in [-0.2, -0.15) is 0 Å². The summed E-state index contributed by atoms with van der Waals surface area (Å²) < 4.78 is 25.9. The second-order valence-electron chi connectivity index (χ2n) is 8.58. The minimum atomic E-state index is -4.04. The first-order valence-electron chi connectivity index (χ1n) is 10.9. The summed E-state index contributed by atoms with van der Waals surface area (Å²) in [6.45, 7) is 4.85. The van der Waals surface area contributed by atoms with Gasteiger partial charge in [-0.1, -0.05) is 49.2 Å². The first-order valence-corrected chi connectivity index (χ1v) is 13.5. The second-order valence-corrected chi connectivity index (χ2v) is 11.3. The quantitative estimate of drug-likeness (QED) is 0.329. The van der Waals surface area contributed by atoms with Crippen molar-refractivity contribution in [2.75, 3.05) is 23.7 Å². The number of benzene rings is 2. The predicted octanol–water partition coefficient (Wildman–Crippen LogP) is 3.86. The van der Waals surface area contributed by atoms with Gasteiger partial charge in [0.05, 0.1) is 16.9 Å². The molecule has 0 saturated heterocycles. The van der Waals surface area contributed by atoms with E-state index in [1.807, 2.05) is 13.8 Å². The molecule has 2 amide bonds. The summed E-state index contributed by atoms with van der Waals surface area (Å²) in [5.41, 5.74) is -0.0126. The number of halogens is 2. The summed E-state index contributed by atoms with van der Waals surface area (Å²) in [5, 5.41) is 14.5. The maximum atomic E-state index is 13.5. The van der Waals surface area contributed by atoms with Gasteiger partial charge in [-0.3, -0.25) is 24.0 Å². The third-order valence-corrected chi connectivity index (χ3v) is 7.10. The summed E-state index contributed by atoms with van der Waals surface area (Å²) in [6, 6.07) is 8.72. The van der Waals surface area contributed by atoms with Crippen LogP contribution in [0.5, 0.6) is 0 Å². The molecule has 0 radical (unpaired) electrons. The van der Waals surface area contributed by atoms with Gasteiger partial charge in [0.15, 0.2) is 0 Å². The van der Waals surface area contributed by atoms with E-state index in [1.54, 1.807) is 18.2 Å². The van der Waals surface area contributed by atoms with Crippen molar-refractivity contribution in [2.24, 2.45) is 5.92 Å². The van der Waals surface area contributed by atoms with E-state index in [9.17, 15) is 28.1 Å². The zero-order valence-corrected chi connectivity index (χ0v) is 22.6. The number of non-ortho nitro benzene ring substituents is 1. The Balaban J connectivity index is 2.47. The molecule has 0 spiro atoms. The number of carbonyl (C=O) groups excluding carboxylic acids is 2. The average Bonchev–Trinajstić information content (AvgIpc) is 2.79. The molecule has 13 heteroatoms. The van der Waals surface area contributed by atoms with Crippen LogP contribution < -0.4 is 9.62 Å². The van der Waals surface area contributed by atoms with Crippen LogP contribution in [-0.2, 0) is 26.2 Å². The first-order chi connectivity index (χ1) is 16.7. The van der Waals surface area contributed by atoms with Gasteiger partial charge in [0.2, 0.25) is 21.8 Å². The molecule has 10 nitrogen and oxygen atoms in total. The zero-order valence-electron chi connectivity index (χ0n) is 20.3. The van der Waals surface area contributed by atoms with E-state index in [1.165, 1.54) is 30.0 Å². The van der Waals surface area contributed by atoms with Gasteiger partial charge in [-0.25, -0.2) is 8.42 Å². The number of nitro groups is 1. The Morgan fingerprint density at radius 2 is 1.67 bits per heavy atom. The van der Waals surface area contributed by atoms with Crippen molar-refractivity contribution in [1.29, 1.82) is 0 Å². The van der Waals surface area contributed by atoms with Crippen LogP contribution in [-0.4, -0.2) is 55.4 Å². The largest absolute Gasteiger partial charge is 0.354 e. The number of nitrogens with one attached hydrogen (secondary N) is 1. The van der Waals surface area contributed by atoms with Crippen LogP contribution in [0.1, 0.15) is 26.3 Å². The van der Waals surface area contributed by atoms with E-state index in [2.05, 4.69) is 5.32 Å². The van der Waals surface area contributed by atoms with Crippen molar-refractivity contribution in [3.63, 3.8) is 0 Å². The minimum absolute atomic E-state index is 0.0623. The van der Waals surface area contributed by atoms with E-state index in [0.29, 0.717) is 12.1 Å². The SMILES string of the molecule is CC(C)CNC(=O)C(C)N(Cc1c(Cl)cccc1Cl)C(=O)CN(c1cccc([N+](=O)[O-])c1)S(C)(=O)=O. The van der Waals surface area contributed by atoms with Crippen molar-refractivity contribution in [2.45, 2.75) is 33.4 Å². The number of hydrogen-bond acceptors (Lipinski definition) is 6. The number of hydrogen-bond donors (Lipinski definition) is 1. The van der Waals surface area contributed by atoms with Crippen molar-refractivity contribution in [3.05, 3.63) is 68.2 Å². The lowest BCUT2D eigenvalue weighted by atomic mass is 10.1. The number of nitrogens with zero attached hydrogens (tertiary/aromatic N) is 3. The molecule has 1 atom stereocenters. The number of nitro benzene ring substituents is 1. The molecule has 0 bridgehead atoms. The predicted molar refractivity (Wildman–Crippen MR) is 140 cm³/mol. The van der Waals surface area contributed by atoms with Crippen LogP contribution in [0.4, 0.5) is 11.4 Å². The molecule has 2 aromatic rings. The summed E-state index contributed by atoms with van der Waals surface area (Å²) in [4.78, 5) is 38.1. The van der Waals surface area contributed by atoms with E-state index >= 15 is 0 Å². The molecule has 2 rings (SSSR count). The molecule has 0 fully saturated rings. The summed E-state index contributed by atoms with van der Waals surface area (Å²) in [6.07, 6.45) is 0.882. The van der Waals surface area contributed by atoms with E-state index in [-0.39, 0.29) is 33.9 Å². The molecule has 0 aromatic heterocycles. The standard InChI is InChI=1S/C23H28Cl2N4O6S/c1-15(2)12-26-23(31)16(3)27(13-19-20(24)9-6-10-21(19)25)22(30)14-28(36(4,34)35)17-7-5-8-18(11-17)29(32)33/h5-11,15-16H,12-14H2,1-4H3,(H,26,31). The molecule has 0 aliphatic carbocycles. The molecule has 0 saturated carbocycles. The fourth-order valence-corrected chi connectivity index (χ4v) is 4.62. The fourth-order valence-electron chi connectivity index (χ4n) is 3.26. The lowest BCUT2D eigenvalue weighted by Crippen LogP contribution is -2.51. The number of carbonyl (C=O) groups is 2. The molecular weight excluding hydrogens is 531 g/mol. The van der Waals surface area contributed by atoms with Crippen LogP contribution in [0.25, 0.3) is 0 Å². The molecule has 0 heterocycles. The number of rotatable bonds is 11. The molecule has 0 aliphatic heterocycles. The molecule has 0 aliphatic rings. The average molecular weight is 559 g/mol. The Labute approximate surface area is 220 Å². The van der Waals surface area contributed by atoms with Crippen molar-refractivity contribution in [3.8, 4) is 0 Å². The molecule has 36 heavy (non-hydrogen) atoms. The lowest BCUT2D eigenvalue weighted by molar-refractivity contribution is -0.384. The van der Waals surface area contributed by atoms with E-state index in [0.717, 1.165) is 16.6 Å². The molecule has 2 aromatic carbocycles. The van der Waals surface area contributed by atoms with Crippen LogP contribution in [0.2, 0.25) is 10.0 Å². The highest BCUT2D eigenvalue weighted by atomic mass is 35.5. The fraction of sp³-hybridized carbons (Fsp3) is 0.391. The number of sulfonamides is 1. The van der Waals surface area contributed by atoms with Crippen molar-refractivity contribution >= 4 is 56.4 Å². The molecular formula is C23H28Cl2N4O6S. The highest BCUT2D eigenvalue weighted by Gasteiger charge is 2.31. The van der Waals surface area contributed by atoms with Crippen LogP contribution in [0.3, 0.4) is 0 Å². The van der Waals surface area contributed by atoms with E-state index in [4.69, 9.17) is 23.2 Å². The van der Waals surface area contributed by atoms with Gasteiger partial charge in [0.25, 0.3) is 5.69 Å². The Bertz CT molecular complexity index is 1220. The maximum absolute atomic E-state index is 13.5. The molecule has 196 valence electrons. The highest BCUT2D eigenvalue weighted by molar-refractivity contribution is 7.92. The summed E-state index contributed by atoms with van der Waals surface area (Å²) in [5.74, 6) is -1.01. The Morgan fingerprint density at radius 1 is 1.08 bits per heavy atom. The topological polar surface area (TPSA) is 130 Å². The summed E-state index contributed by atoms with van der Waals surface area (Å²) in [7, 11) is -4.04. The normalized spacial score (nSPS) is 12.2. The number of anilines is 1. The minimum Gasteiger partial charge on any atom is -0.354 e. The van der Waals surface area contributed by atoms with Gasteiger partial charge < -0.3 is 10.2 Å². The van der Waals surface area contributed by atoms with Crippen LogP contribution in [0.15, 0.2) is 42.5 Å². The van der Waals surface area contributed by atoms with Gasteiger partial charge in [0, 0.05) is 40.8 Å². The number of amides is 2. The van der Waals surface area contributed by atoms with Gasteiger partial charge in [-0.05, 0) is 31.0 Å². The summed E-state index contributed by atoms with van der Waals surface area (Å²) >= 11 is 12.6. The van der Waals surface area contributed by atoms with E-state index < -0.39 is 39.3 Å². The van der Waals surface area contributed by atoms with Crippen LogP contribution in [0, 0.1) is 16.0 Å². The second kappa shape index (κ2) is 12.4. The van der Waals surface area contributed by atoms with Gasteiger partial charge in [-0.15, -0.1) is 0 Å². The smallest absolute Gasteiger partial charge is 0.271 e. The van der Waals surface area contributed by atoms with Gasteiger partial charge in [0.1, 0.15) is 12.6 Å². The zero-order chi connectivity index (χ0) is 27.2. The molecule has 1 unspecified atom stereocenters. The third-order valence-electron chi connectivity index (χ3n) is 5.25. The Hall–Kier alpha value is -2.89. The highest BCUT2D eigenvalue weighted by Crippen LogP contribution is 2.28.